The third kappa shape index (κ3) is 2.61. The maximum Gasteiger partial charge on any atom is 0.123 e. The molecule has 0 saturated carbocycles. The number of benzene rings is 6. The highest BCUT2D eigenvalue weighted by atomic mass is 19.1. The molecule has 2 heteroatoms. The van der Waals surface area contributed by atoms with Crippen molar-refractivity contribution in [3.05, 3.63) is 115 Å². The summed E-state index contributed by atoms with van der Waals surface area (Å²) in [7, 11) is 0. The molecule has 0 bridgehead atoms. The van der Waals surface area contributed by atoms with Gasteiger partial charge in [-0.05, 0) is 80.8 Å². The Morgan fingerprint density at radius 2 is 0.967 bits per heavy atom. The molecule has 1 nitrogen and oxygen atoms in total. The van der Waals surface area contributed by atoms with Crippen molar-refractivity contribution >= 4 is 49.4 Å². The Bertz CT molecular complexity index is 1420. The van der Waals surface area contributed by atoms with Crippen LogP contribution in [-0.2, 0) is 0 Å². The molecule has 0 radical (unpaired) electrons. The van der Waals surface area contributed by atoms with Crippen molar-refractivity contribution in [1.82, 2.24) is 0 Å². The number of para-hydroxylation sites is 1. The molecular formula is C28H18FN. The van der Waals surface area contributed by atoms with Crippen molar-refractivity contribution < 1.29 is 4.39 Å². The summed E-state index contributed by atoms with van der Waals surface area (Å²) in [5, 5.41) is 7.53. The maximum absolute atomic E-state index is 13.6. The van der Waals surface area contributed by atoms with Gasteiger partial charge < -0.3 is 4.90 Å². The van der Waals surface area contributed by atoms with E-state index in [0.717, 1.165) is 17.1 Å². The molecule has 6 aromatic rings. The molecule has 142 valence electrons. The van der Waals surface area contributed by atoms with Gasteiger partial charge in [-0.1, -0.05) is 60.7 Å². The second kappa shape index (κ2) is 6.57. The quantitative estimate of drug-likeness (QED) is 0.277. The fraction of sp³-hybridized carbons (Fsp3) is 0. The van der Waals surface area contributed by atoms with Gasteiger partial charge in [-0.2, -0.15) is 0 Å². The summed E-state index contributed by atoms with van der Waals surface area (Å²) in [5.74, 6) is -0.234. The summed E-state index contributed by atoms with van der Waals surface area (Å²) in [6.45, 7) is 0. The molecule has 0 spiro atoms. The normalized spacial score (nSPS) is 11.5. The number of hydrogen-bond acceptors (Lipinski definition) is 1. The minimum Gasteiger partial charge on any atom is -0.310 e. The van der Waals surface area contributed by atoms with Crippen LogP contribution in [0.5, 0.6) is 0 Å². The topological polar surface area (TPSA) is 3.24 Å². The first kappa shape index (κ1) is 17.0. The molecule has 6 aromatic carbocycles. The number of anilines is 3. The molecule has 0 atom stereocenters. The van der Waals surface area contributed by atoms with Crippen LogP contribution in [0.15, 0.2) is 109 Å². The zero-order valence-electron chi connectivity index (χ0n) is 16.2. The Morgan fingerprint density at radius 3 is 1.60 bits per heavy atom. The fourth-order valence-corrected chi connectivity index (χ4v) is 4.48. The van der Waals surface area contributed by atoms with Crippen LogP contribution < -0.4 is 4.90 Å². The monoisotopic (exact) mass is 387 g/mol. The van der Waals surface area contributed by atoms with Crippen LogP contribution in [0.4, 0.5) is 21.5 Å². The first-order chi connectivity index (χ1) is 14.8. The number of hydrogen-bond donors (Lipinski definition) is 0. The fourth-order valence-electron chi connectivity index (χ4n) is 4.48. The van der Waals surface area contributed by atoms with E-state index in [0.29, 0.717) is 0 Å². The van der Waals surface area contributed by atoms with E-state index in [2.05, 4.69) is 71.6 Å². The van der Waals surface area contributed by atoms with Gasteiger partial charge in [0.15, 0.2) is 0 Å². The lowest BCUT2D eigenvalue weighted by Gasteiger charge is -2.26. The highest BCUT2D eigenvalue weighted by Gasteiger charge is 2.15. The summed E-state index contributed by atoms with van der Waals surface area (Å²) in [6.07, 6.45) is 0. The largest absolute Gasteiger partial charge is 0.310 e. The first-order valence-corrected chi connectivity index (χ1v) is 10.1. The maximum atomic E-state index is 13.6. The van der Waals surface area contributed by atoms with Crippen molar-refractivity contribution in [1.29, 1.82) is 0 Å². The predicted octanol–water partition coefficient (Wildman–Crippen LogP) is 8.19. The lowest BCUT2D eigenvalue weighted by Crippen LogP contribution is -2.10. The average Bonchev–Trinajstić information content (AvgIpc) is 2.80. The van der Waals surface area contributed by atoms with Crippen LogP contribution in [0, 0.1) is 5.82 Å². The second-order valence-electron chi connectivity index (χ2n) is 7.62. The standard InChI is InChI=1S/C28H18FN/c29-23-13-15-25(16-14-23)30(24-7-2-1-3-8-24)26-17-21-11-9-19-5-4-6-20-10-12-22(18-26)28(21)27(19)20/h1-18H. The Balaban J connectivity index is 1.64. The number of nitrogens with zero attached hydrogens (tertiary/aromatic N) is 1. The Hall–Kier alpha value is -3.91. The summed E-state index contributed by atoms with van der Waals surface area (Å²) in [5.41, 5.74) is 3.02. The lowest BCUT2D eigenvalue weighted by atomic mass is 9.93. The van der Waals surface area contributed by atoms with Gasteiger partial charge in [0.25, 0.3) is 0 Å². The predicted molar refractivity (Wildman–Crippen MR) is 125 cm³/mol. The van der Waals surface area contributed by atoms with Crippen LogP contribution >= 0.6 is 0 Å². The molecule has 0 aliphatic carbocycles. The zero-order chi connectivity index (χ0) is 20.1. The molecule has 0 heterocycles. The van der Waals surface area contributed by atoms with Crippen molar-refractivity contribution in [2.45, 2.75) is 0 Å². The molecule has 30 heavy (non-hydrogen) atoms. The van der Waals surface area contributed by atoms with Gasteiger partial charge in [0, 0.05) is 17.1 Å². The zero-order valence-corrected chi connectivity index (χ0v) is 16.2. The summed E-state index contributed by atoms with van der Waals surface area (Å²) in [6, 6.07) is 36.6. The van der Waals surface area contributed by atoms with Crippen molar-refractivity contribution in [3.63, 3.8) is 0 Å². The van der Waals surface area contributed by atoms with E-state index in [1.165, 1.54) is 44.5 Å². The van der Waals surface area contributed by atoms with Gasteiger partial charge in [0.1, 0.15) is 5.82 Å². The lowest BCUT2D eigenvalue weighted by molar-refractivity contribution is 0.628. The average molecular weight is 387 g/mol. The van der Waals surface area contributed by atoms with Gasteiger partial charge >= 0.3 is 0 Å². The molecule has 0 N–H and O–H groups in total. The van der Waals surface area contributed by atoms with E-state index < -0.39 is 0 Å². The van der Waals surface area contributed by atoms with E-state index in [9.17, 15) is 4.39 Å². The smallest absolute Gasteiger partial charge is 0.123 e. The third-order valence-corrected chi connectivity index (χ3v) is 5.81. The summed E-state index contributed by atoms with van der Waals surface area (Å²) < 4.78 is 13.6. The molecule has 6 rings (SSSR count). The number of halogens is 1. The first-order valence-electron chi connectivity index (χ1n) is 10.1. The highest BCUT2D eigenvalue weighted by Crippen LogP contribution is 2.41. The molecule has 0 fully saturated rings. The van der Waals surface area contributed by atoms with Crippen molar-refractivity contribution in [3.8, 4) is 0 Å². The molecule has 0 aliphatic rings. The molecule has 0 aliphatic heterocycles. The van der Waals surface area contributed by atoms with E-state index in [1.54, 1.807) is 0 Å². The molecule has 0 aromatic heterocycles. The van der Waals surface area contributed by atoms with E-state index in [4.69, 9.17) is 0 Å². The van der Waals surface area contributed by atoms with Crippen LogP contribution in [-0.4, -0.2) is 0 Å². The Morgan fingerprint density at radius 1 is 0.433 bits per heavy atom. The van der Waals surface area contributed by atoms with Crippen molar-refractivity contribution in [2.75, 3.05) is 4.90 Å². The van der Waals surface area contributed by atoms with Gasteiger partial charge in [-0.25, -0.2) is 4.39 Å². The van der Waals surface area contributed by atoms with Crippen LogP contribution in [0.1, 0.15) is 0 Å². The third-order valence-electron chi connectivity index (χ3n) is 5.81. The van der Waals surface area contributed by atoms with E-state index >= 15 is 0 Å². The van der Waals surface area contributed by atoms with Crippen LogP contribution in [0.3, 0.4) is 0 Å². The molecule has 0 saturated heterocycles. The molecule has 0 unspecified atom stereocenters. The van der Waals surface area contributed by atoms with Gasteiger partial charge in [-0.15, -0.1) is 0 Å². The SMILES string of the molecule is Fc1ccc(N(c2ccccc2)c2cc3ccc4cccc5ccc(c2)c3c45)cc1. The van der Waals surface area contributed by atoms with Gasteiger partial charge in [0.05, 0.1) is 0 Å². The summed E-state index contributed by atoms with van der Waals surface area (Å²) in [4.78, 5) is 2.17. The minimum atomic E-state index is -0.234. The second-order valence-corrected chi connectivity index (χ2v) is 7.62. The van der Waals surface area contributed by atoms with Gasteiger partial charge in [-0.3, -0.25) is 0 Å². The summed E-state index contributed by atoms with van der Waals surface area (Å²) >= 11 is 0. The minimum absolute atomic E-state index is 0.234. The van der Waals surface area contributed by atoms with Crippen molar-refractivity contribution in [2.24, 2.45) is 0 Å². The van der Waals surface area contributed by atoms with Gasteiger partial charge in [0.2, 0.25) is 0 Å². The number of rotatable bonds is 3. The van der Waals surface area contributed by atoms with E-state index in [1.807, 2.05) is 30.3 Å². The molecular weight excluding hydrogens is 369 g/mol. The van der Waals surface area contributed by atoms with Crippen LogP contribution in [0.25, 0.3) is 32.3 Å². The van der Waals surface area contributed by atoms with E-state index in [-0.39, 0.29) is 5.82 Å². The molecule has 0 amide bonds. The Kier molecular flexibility index (Phi) is 3.72. The highest BCUT2D eigenvalue weighted by molar-refractivity contribution is 6.23. The Labute approximate surface area is 173 Å². The van der Waals surface area contributed by atoms with Crippen LogP contribution in [0.2, 0.25) is 0 Å².